The van der Waals surface area contributed by atoms with Gasteiger partial charge in [-0.25, -0.2) is 0 Å². The summed E-state index contributed by atoms with van der Waals surface area (Å²) < 4.78 is 0.221. The first kappa shape index (κ1) is 12.2. The van der Waals surface area contributed by atoms with Gasteiger partial charge < -0.3 is 5.11 Å². The van der Waals surface area contributed by atoms with Gasteiger partial charge in [0.05, 0.1) is 4.58 Å². The molecule has 1 heterocycles. The van der Waals surface area contributed by atoms with Crippen molar-refractivity contribution in [3.63, 3.8) is 0 Å². The minimum Gasteiger partial charge on any atom is -0.508 e. The van der Waals surface area contributed by atoms with Crippen LogP contribution in [0.25, 0.3) is 10.8 Å². The number of phenols is 1. The van der Waals surface area contributed by atoms with Crippen LogP contribution >= 0.6 is 23.5 Å². The Bertz CT molecular complexity index is 773. The van der Waals surface area contributed by atoms with E-state index < -0.39 is 0 Å². The number of hydrogen-bond donors (Lipinski definition) is 1. The van der Waals surface area contributed by atoms with Crippen LogP contribution in [0.3, 0.4) is 0 Å². The molecule has 0 radical (unpaired) electrons. The highest BCUT2D eigenvalue weighted by molar-refractivity contribution is 8.19. The molecule has 0 aliphatic carbocycles. The molecule has 0 amide bonds. The van der Waals surface area contributed by atoms with Crippen LogP contribution in [0.15, 0.2) is 70.5 Å². The van der Waals surface area contributed by atoms with E-state index in [0.29, 0.717) is 5.75 Å². The minimum absolute atomic E-state index is 0.221. The number of rotatable bonds is 1. The van der Waals surface area contributed by atoms with Crippen LogP contribution in [0.2, 0.25) is 0 Å². The molecule has 1 aliphatic heterocycles. The molecule has 98 valence electrons. The predicted molar refractivity (Wildman–Crippen MR) is 86.5 cm³/mol. The third kappa shape index (κ3) is 1.89. The summed E-state index contributed by atoms with van der Waals surface area (Å²) in [5, 5.41) is 12.6. The van der Waals surface area contributed by atoms with Gasteiger partial charge in [0.2, 0.25) is 0 Å². The van der Waals surface area contributed by atoms with Crippen molar-refractivity contribution in [2.75, 3.05) is 0 Å². The molecular weight excluding hydrogens is 284 g/mol. The molecule has 0 bridgehead atoms. The molecule has 0 fully saturated rings. The Kier molecular flexibility index (Phi) is 2.90. The highest BCUT2D eigenvalue weighted by Crippen LogP contribution is 2.59. The molecule has 0 atom stereocenters. The smallest absolute Gasteiger partial charge is 0.121 e. The van der Waals surface area contributed by atoms with Gasteiger partial charge in [-0.2, -0.15) is 0 Å². The lowest BCUT2D eigenvalue weighted by Gasteiger charge is -2.14. The van der Waals surface area contributed by atoms with Gasteiger partial charge in [0.1, 0.15) is 5.75 Å². The first-order valence-corrected chi connectivity index (χ1v) is 8.22. The standard InChI is InChI=1S/C17H12OS2/c18-13-10-9-11-5-1-2-6-12(11)16(13)17-19-14-7-3-4-8-15(14)20-17/h1-10,17-18H. The third-order valence-electron chi connectivity index (χ3n) is 3.50. The number of hydrogen-bond acceptors (Lipinski definition) is 3. The minimum atomic E-state index is 0.221. The van der Waals surface area contributed by atoms with Gasteiger partial charge in [0, 0.05) is 15.4 Å². The molecule has 3 aromatic rings. The van der Waals surface area contributed by atoms with E-state index in [1.165, 1.54) is 15.2 Å². The summed E-state index contributed by atoms with van der Waals surface area (Å²) in [6.45, 7) is 0. The van der Waals surface area contributed by atoms with Crippen LogP contribution in [0.4, 0.5) is 0 Å². The molecule has 1 aliphatic rings. The lowest BCUT2D eigenvalue weighted by Crippen LogP contribution is -1.89. The highest BCUT2D eigenvalue weighted by atomic mass is 32.2. The van der Waals surface area contributed by atoms with Gasteiger partial charge in [-0.1, -0.05) is 42.5 Å². The zero-order chi connectivity index (χ0) is 13.5. The fourth-order valence-electron chi connectivity index (χ4n) is 2.55. The maximum atomic E-state index is 10.3. The van der Waals surface area contributed by atoms with E-state index in [2.05, 4.69) is 36.4 Å². The Hall–Kier alpha value is -1.58. The molecule has 4 rings (SSSR count). The quantitative estimate of drug-likeness (QED) is 0.645. The first-order valence-electron chi connectivity index (χ1n) is 6.46. The van der Waals surface area contributed by atoms with Crippen molar-refractivity contribution < 1.29 is 5.11 Å². The van der Waals surface area contributed by atoms with Crippen molar-refractivity contribution in [3.8, 4) is 5.75 Å². The Labute approximate surface area is 126 Å². The normalized spacial score (nSPS) is 14.6. The maximum absolute atomic E-state index is 10.3. The van der Waals surface area contributed by atoms with Crippen molar-refractivity contribution >= 4 is 34.3 Å². The van der Waals surface area contributed by atoms with Crippen LogP contribution in [0.5, 0.6) is 5.75 Å². The summed E-state index contributed by atoms with van der Waals surface area (Å²) in [7, 11) is 0. The van der Waals surface area contributed by atoms with E-state index in [9.17, 15) is 5.11 Å². The van der Waals surface area contributed by atoms with Crippen LogP contribution in [-0.4, -0.2) is 5.11 Å². The van der Waals surface area contributed by atoms with E-state index >= 15 is 0 Å². The van der Waals surface area contributed by atoms with Crippen molar-refractivity contribution in [1.29, 1.82) is 0 Å². The summed E-state index contributed by atoms with van der Waals surface area (Å²) in [5.74, 6) is 0.390. The largest absolute Gasteiger partial charge is 0.508 e. The Morgan fingerprint density at radius 2 is 1.40 bits per heavy atom. The van der Waals surface area contributed by atoms with E-state index in [1.54, 1.807) is 0 Å². The second-order valence-corrected chi connectivity index (χ2v) is 7.33. The number of phenolic OH excluding ortho intramolecular Hbond substituents is 1. The number of fused-ring (bicyclic) bond motifs is 2. The molecule has 20 heavy (non-hydrogen) atoms. The topological polar surface area (TPSA) is 20.2 Å². The summed E-state index contributed by atoms with van der Waals surface area (Å²) in [6.07, 6.45) is 0. The van der Waals surface area contributed by atoms with Gasteiger partial charge in [-0.15, -0.1) is 23.5 Å². The first-order chi connectivity index (χ1) is 9.83. The van der Waals surface area contributed by atoms with Gasteiger partial charge in [0.15, 0.2) is 0 Å². The van der Waals surface area contributed by atoms with E-state index in [-0.39, 0.29) is 4.58 Å². The van der Waals surface area contributed by atoms with Crippen molar-refractivity contribution in [3.05, 3.63) is 66.2 Å². The second-order valence-electron chi connectivity index (χ2n) is 4.73. The summed E-state index contributed by atoms with van der Waals surface area (Å²) in [5.41, 5.74) is 1.04. The molecule has 0 unspecified atom stereocenters. The molecular formula is C17H12OS2. The van der Waals surface area contributed by atoms with E-state index in [1.807, 2.05) is 47.8 Å². The van der Waals surface area contributed by atoms with Crippen LogP contribution < -0.4 is 0 Å². The average Bonchev–Trinajstić information content (AvgIpc) is 2.90. The average molecular weight is 296 g/mol. The summed E-state index contributed by atoms with van der Waals surface area (Å²) in [6, 6.07) is 20.5. The molecule has 1 nitrogen and oxygen atoms in total. The van der Waals surface area contributed by atoms with Crippen LogP contribution in [0, 0.1) is 0 Å². The maximum Gasteiger partial charge on any atom is 0.121 e. The summed E-state index contributed by atoms with van der Waals surface area (Å²) in [4.78, 5) is 2.60. The molecule has 0 spiro atoms. The Morgan fingerprint density at radius 3 is 2.15 bits per heavy atom. The lowest BCUT2D eigenvalue weighted by molar-refractivity contribution is 0.471. The van der Waals surface area contributed by atoms with Crippen LogP contribution in [-0.2, 0) is 0 Å². The third-order valence-corrected chi connectivity index (χ3v) is 6.33. The lowest BCUT2D eigenvalue weighted by atomic mass is 10.0. The Morgan fingerprint density at radius 1 is 0.750 bits per heavy atom. The number of benzene rings is 3. The molecule has 0 saturated carbocycles. The SMILES string of the molecule is Oc1ccc2ccccc2c1C1Sc2ccccc2S1. The second kappa shape index (κ2) is 4.76. The van der Waals surface area contributed by atoms with Gasteiger partial charge in [-0.3, -0.25) is 0 Å². The van der Waals surface area contributed by atoms with Crippen LogP contribution in [0.1, 0.15) is 10.1 Å². The van der Waals surface area contributed by atoms with E-state index in [4.69, 9.17) is 0 Å². The number of thioether (sulfide) groups is 2. The number of aromatic hydroxyl groups is 1. The predicted octanol–water partition coefficient (Wildman–Crippen LogP) is 5.44. The van der Waals surface area contributed by atoms with Gasteiger partial charge >= 0.3 is 0 Å². The summed E-state index contributed by atoms with van der Waals surface area (Å²) >= 11 is 3.64. The van der Waals surface area contributed by atoms with Crippen molar-refractivity contribution in [2.45, 2.75) is 14.4 Å². The van der Waals surface area contributed by atoms with Crippen molar-refractivity contribution in [1.82, 2.24) is 0 Å². The Balaban J connectivity index is 1.86. The van der Waals surface area contributed by atoms with E-state index in [0.717, 1.165) is 10.9 Å². The molecule has 1 N–H and O–H groups in total. The highest BCUT2D eigenvalue weighted by Gasteiger charge is 2.27. The monoisotopic (exact) mass is 296 g/mol. The van der Waals surface area contributed by atoms with Gasteiger partial charge in [-0.05, 0) is 29.0 Å². The molecule has 0 saturated heterocycles. The molecule has 0 aromatic heterocycles. The van der Waals surface area contributed by atoms with Gasteiger partial charge in [0.25, 0.3) is 0 Å². The zero-order valence-corrected chi connectivity index (χ0v) is 12.2. The zero-order valence-electron chi connectivity index (χ0n) is 10.6. The van der Waals surface area contributed by atoms with Crippen molar-refractivity contribution in [2.24, 2.45) is 0 Å². The molecule has 3 aromatic carbocycles. The fraction of sp³-hybridized carbons (Fsp3) is 0.0588. The molecule has 3 heteroatoms. The fourth-order valence-corrected chi connectivity index (χ4v) is 5.53.